The Kier molecular flexibility index (Phi) is 10.6. The SMILES string of the molecule is CC(C)(C)OC(=O)NC(CCN=[N+]=[N-])C(=O)O.NC1CCCCC1. The van der Waals surface area contributed by atoms with Gasteiger partial charge in [0.05, 0.1) is 0 Å². The number of hydrogen-bond acceptors (Lipinski definition) is 5. The number of hydrogen-bond donors (Lipinski definition) is 3. The molecule has 1 fully saturated rings. The lowest BCUT2D eigenvalue weighted by Crippen LogP contribution is -2.43. The first-order chi connectivity index (χ1) is 11.2. The maximum Gasteiger partial charge on any atom is 0.408 e. The maximum absolute atomic E-state index is 11.3. The van der Waals surface area contributed by atoms with Crippen molar-refractivity contribution in [1.29, 1.82) is 0 Å². The molecule has 1 aliphatic carbocycles. The van der Waals surface area contributed by atoms with Crippen LogP contribution in [0.15, 0.2) is 5.11 Å². The van der Waals surface area contributed by atoms with Gasteiger partial charge in [0.25, 0.3) is 0 Å². The van der Waals surface area contributed by atoms with Crippen LogP contribution in [0.1, 0.15) is 59.3 Å². The molecule has 138 valence electrons. The number of carbonyl (C=O) groups excluding carboxylic acids is 1. The first kappa shape index (κ1) is 22.0. The van der Waals surface area contributed by atoms with Gasteiger partial charge in [0, 0.05) is 17.5 Å². The molecule has 1 rings (SSSR count). The summed E-state index contributed by atoms with van der Waals surface area (Å²) in [5.41, 5.74) is 13.0. The van der Waals surface area contributed by atoms with Crippen molar-refractivity contribution in [2.45, 2.75) is 77.0 Å². The van der Waals surface area contributed by atoms with E-state index in [0.29, 0.717) is 6.04 Å². The monoisotopic (exact) mass is 343 g/mol. The molecule has 1 amide bonds. The predicted octanol–water partition coefficient (Wildman–Crippen LogP) is 2.94. The third-order valence-corrected chi connectivity index (χ3v) is 3.22. The van der Waals surface area contributed by atoms with Crippen molar-refractivity contribution in [2.24, 2.45) is 10.8 Å². The van der Waals surface area contributed by atoms with Gasteiger partial charge >= 0.3 is 12.1 Å². The molecule has 0 heterocycles. The number of azide groups is 1. The van der Waals surface area contributed by atoms with Gasteiger partial charge in [-0.15, -0.1) is 0 Å². The van der Waals surface area contributed by atoms with Crippen LogP contribution < -0.4 is 11.1 Å². The maximum atomic E-state index is 11.3. The highest BCUT2D eigenvalue weighted by molar-refractivity contribution is 5.79. The van der Waals surface area contributed by atoms with E-state index < -0.39 is 23.7 Å². The summed E-state index contributed by atoms with van der Waals surface area (Å²) < 4.78 is 4.91. The molecule has 0 bridgehead atoms. The van der Waals surface area contributed by atoms with Gasteiger partial charge in [0.2, 0.25) is 0 Å². The van der Waals surface area contributed by atoms with Crippen molar-refractivity contribution in [3.05, 3.63) is 10.4 Å². The molecule has 1 aliphatic rings. The fraction of sp³-hybridized carbons (Fsp3) is 0.867. The number of alkyl carbamates (subject to hydrolysis) is 1. The molecule has 0 aromatic carbocycles. The highest BCUT2D eigenvalue weighted by Gasteiger charge is 2.23. The van der Waals surface area contributed by atoms with Gasteiger partial charge in [0.15, 0.2) is 0 Å². The number of carboxylic acids is 1. The highest BCUT2D eigenvalue weighted by atomic mass is 16.6. The first-order valence-electron chi connectivity index (χ1n) is 8.14. The summed E-state index contributed by atoms with van der Waals surface area (Å²) in [5.74, 6) is -1.20. The summed E-state index contributed by atoms with van der Waals surface area (Å²) in [6, 6.07) is -0.593. The Bertz CT molecular complexity index is 438. The topological polar surface area (TPSA) is 150 Å². The predicted molar refractivity (Wildman–Crippen MR) is 90.5 cm³/mol. The smallest absolute Gasteiger partial charge is 0.408 e. The van der Waals surface area contributed by atoms with Gasteiger partial charge in [-0.05, 0) is 45.6 Å². The second kappa shape index (κ2) is 11.5. The van der Waals surface area contributed by atoms with Crippen molar-refractivity contribution >= 4 is 12.1 Å². The van der Waals surface area contributed by atoms with Crippen LogP contribution in [0.3, 0.4) is 0 Å². The van der Waals surface area contributed by atoms with Crippen molar-refractivity contribution < 1.29 is 19.4 Å². The quantitative estimate of drug-likeness (QED) is 0.398. The normalized spacial score (nSPS) is 16.0. The molecule has 0 radical (unpaired) electrons. The number of ether oxygens (including phenoxy) is 1. The number of rotatable bonds is 5. The number of nitrogens with zero attached hydrogens (tertiary/aromatic N) is 3. The van der Waals surface area contributed by atoms with E-state index in [-0.39, 0.29) is 13.0 Å². The van der Waals surface area contributed by atoms with Crippen molar-refractivity contribution in [1.82, 2.24) is 5.32 Å². The van der Waals surface area contributed by atoms with Crippen LogP contribution in [0, 0.1) is 0 Å². The molecule has 1 saturated carbocycles. The zero-order chi connectivity index (χ0) is 18.6. The van der Waals surface area contributed by atoms with Crippen LogP contribution in [0.25, 0.3) is 10.4 Å². The summed E-state index contributed by atoms with van der Waals surface area (Å²) in [6.07, 6.45) is 5.86. The van der Waals surface area contributed by atoms with Gasteiger partial charge in [-0.3, -0.25) is 0 Å². The third-order valence-electron chi connectivity index (χ3n) is 3.22. The Balaban J connectivity index is 0.000000620. The van der Waals surface area contributed by atoms with Crippen LogP contribution in [-0.4, -0.2) is 41.4 Å². The highest BCUT2D eigenvalue weighted by Crippen LogP contribution is 2.14. The molecule has 4 N–H and O–H groups in total. The average Bonchev–Trinajstić information content (AvgIpc) is 2.46. The Hall–Kier alpha value is -1.99. The molecule has 0 aromatic rings. The van der Waals surface area contributed by atoms with Crippen LogP contribution >= 0.6 is 0 Å². The van der Waals surface area contributed by atoms with Crippen LogP contribution in [0.4, 0.5) is 4.79 Å². The lowest BCUT2D eigenvalue weighted by Gasteiger charge is -2.21. The molecular formula is C15H29N5O4. The summed E-state index contributed by atoms with van der Waals surface area (Å²) in [7, 11) is 0. The number of amides is 1. The molecule has 9 nitrogen and oxygen atoms in total. The second-order valence-corrected chi connectivity index (χ2v) is 6.68. The van der Waals surface area contributed by atoms with Gasteiger partial charge in [0.1, 0.15) is 11.6 Å². The molecule has 24 heavy (non-hydrogen) atoms. The second-order valence-electron chi connectivity index (χ2n) is 6.68. The van der Waals surface area contributed by atoms with Gasteiger partial charge < -0.3 is 20.9 Å². The van der Waals surface area contributed by atoms with Crippen LogP contribution in [-0.2, 0) is 9.53 Å². The Morgan fingerprint density at radius 3 is 2.33 bits per heavy atom. The number of aliphatic carboxylic acids is 1. The Labute approximate surface area is 142 Å². The first-order valence-corrected chi connectivity index (χ1v) is 8.14. The molecule has 9 heteroatoms. The Morgan fingerprint density at radius 1 is 1.38 bits per heavy atom. The number of carboxylic acid groups (broad SMARTS) is 1. The van der Waals surface area contributed by atoms with E-state index in [1.807, 2.05) is 0 Å². The van der Waals surface area contributed by atoms with Crippen molar-refractivity contribution in [2.75, 3.05) is 6.54 Å². The van der Waals surface area contributed by atoms with Gasteiger partial charge in [-0.25, -0.2) is 9.59 Å². The van der Waals surface area contributed by atoms with Crippen LogP contribution in [0.2, 0.25) is 0 Å². The molecular weight excluding hydrogens is 314 g/mol. The van der Waals surface area contributed by atoms with E-state index in [1.54, 1.807) is 20.8 Å². The molecule has 0 aromatic heterocycles. The van der Waals surface area contributed by atoms with E-state index in [0.717, 1.165) is 0 Å². The van der Waals surface area contributed by atoms with Gasteiger partial charge in [-0.2, -0.15) is 0 Å². The lowest BCUT2D eigenvalue weighted by molar-refractivity contribution is -0.139. The van der Waals surface area contributed by atoms with Crippen molar-refractivity contribution in [3.63, 3.8) is 0 Å². The standard InChI is InChI=1S/C9H16N4O4.C6H13N/c1-9(2,3)17-8(16)12-6(7(14)15)4-5-11-13-10;7-6-4-2-1-3-5-6/h6H,4-5H2,1-3H3,(H,12,16)(H,14,15);6H,1-5,7H2. The molecule has 0 aliphatic heterocycles. The Morgan fingerprint density at radius 2 is 1.96 bits per heavy atom. The average molecular weight is 343 g/mol. The fourth-order valence-electron chi connectivity index (χ4n) is 2.07. The van der Waals surface area contributed by atoms with E-state index >= 15 is 0 Å². The van der Waals surface area contributed by atoms with E-state index in [1.165, 1.54) is 32.1 Å². The third kappa shape index (κ3) is 12.5. The molecule has 1 unspecified atom stereocenters. The summed E-state index contributed by atoms with van der Waals surface area (Å²) >= 11 is 0. The fourth-order valence-corrected chi connectivity index (χ4v) is 2.07. The lowest BCUT2D eigenvalue weighted by atomic mass is 9.97. The van der Waals surface area contributed by atoms with Crippen LogP contribution in [0.5, 0.6) is 0 Å². The number of carbonyl (C=O) groups is 2. The molecule has 1 atom stereocenters. The zero-order valence-electron chi connectivity index (χ0n) is 14.7. The zero-order valence-corrected chi connectivity index (χ0v) is 14.7. The minimum atomic E-state index is -1.20. The minimum absolute atomic E-state index is 0.0107. The van der Waals surface area contributed by atoms with E-state index in [2.05, 4.69) is 15.3 Å². The molecule has 0 saturated heterocycles. The largest absolute Gasteiger partial charge is 0.480 e. The number of nitrogens with two attached hydrogens (primary N) is 1. The summed E-state index contributed by atoms with van der Waals surface area (Å²) in [4.78, 5) is 24.6. The van der Waals surface area contributed by atoms with E-state index in [4.69, 9.17) is 21.1 Å². The van der Waals surface area contributed by atoms with E-state index in [9.17, 15) is 9.59 Å². The summed E-state index contributed by atoms with van der Waals surface area (Å²) in [6.45, 7) is 5.00. The van der Waals surface area contributed by atoms with Crippen molar-refractivity contribution in [3.8, 4) is 0 Å². The summed E-state index contributed by atoms with van der Waals surface area (Å²) in [5, 5.41) is 14.2. The van der Waals surface area contributed by atoms with Gasteiger partial charge in [-0.1, -0.05) is 24.4 Å². The molecule has 0 spiro atoms. The number of nitrogens with one attached hydrogen (secondary N) is 1. The minimum Gasteiger partial charge on any atom is -0.480 e.